The molecule has 0 spiro atoms. The Morgan fingerprint density at radius 1 is 1.59 bits per heavy atom. The molecule has 6 heteroatoms. The lowest BCUT2D eigenvalue weighted by Crippen LogP contribution is -2.41. The van der Waals surface area contributed by atoms with Crippen LogP contribution in [0.2, 0.25) is 0 Å². The molecule has 0 aromatic rings. The minimum atomic E-state index is -0.913. The molecule has 0 aliphatic carbocycles. The first-order valence-electron chi connectivity index (χ1n) is 5.71. The molecule has 0 aromatic carbocycles. The average molecular weight is 256 g/mol. The van der Waals surface area contributed by atoms with E-state index in [0.29, 0.717) is 25.2 Å². The van der Waals surface area contributed by atoms with Gasteiger partial charge in [-0.25, -0.2) is 4.79 Å². The first-order chi connectivity index (χ1) is 8.09. The highest BCUT2D eigenvalue weighted by molar-refractivity contribution is 8.03. The lowest BCUT2D eigenvalue weighted by Gasteiger charge is -2.32. The van der Waals surface area contributed by atoms with E-state index < -0.39 is 5.97 Å². The van der Waals surface area contributed by atoms with Gasteiger partial charge in [-0.3, -0.25) is 4.79 Å². The van der Waals surface area contributed by atoms with E-state index >= 15 is 0 Å². The van der Waals surface area contributed by atoms with Crippen LogP contribution in [0.3, 0.4) is 0 Å². The molecule has 5 nitrogen and oxygen atoms in total. The zero-order valence-electron chi connectivity index (χ0n) is 9.73. The summed E-state index contributed by atoms with van der Waals surface area (Å²) in [4.78, 5) is 24.6. The lowest BCUT2D eigenvalue weighted by molar-refractivity contribution is -0.136. The van der Waals surface area contributed by atoms with E-state index in [1.807, 2.05) is 11.8 Å². The molecular formula is C11H16N2O3S. The number of carbonyl (C=O) groups excluding carboxylic acids is 1. The highest BCUT2D eigenvalue weighted by Crippen LogP contribution is 2.26. The monoisotopic (exact) mass is 256 g/mol. The Kier molecular flexibility index (Phi) is 3.61. The van der Waals surface area contributed by atoms with Gasteiger partial charge in [0.05, 0.1) is 5.03 Å². The molecule has 1 atom stereocenters. The second-order valence-electron chi connectivity index (χ2n) is 4.32. The van der Waals surface area contributed by atoms with Crippen molar-refractivity contribution in [3.63, 3.8) is 0 Å². The smallest absolute Gasteiger partial charge is 0.354 e. The predicted octanol–water partition coefficient (Wildman–Crippen LogP) is 0.487. The molecule has 2 rings (SSSR count). The Morgan fingerprint density at radius 2 is 2.35 bits per heavy atom. The van der Waals surface area contributed by atoms with Crippen LogP contribution in [0.4, 0.5) is 0 Å². The van der Waals surface area contributed by atoms with Crippen LogP contribution in [0.5, 0.6) is 0 Å². The Hall–Kier alpha value is -1.17. The van der Waals surface area contributed by atoms with Crippen LogP contribution in [-0.4, -0.2) is 47.1 Å². The summed E-state index contributed by atoms with van der Waals surface area (Å²) in [6, 6.07) is 0. The minimum absolute atomic E-state index is 0.0786. The number of carboxylic acids is 1. The second kappa shape index (κ2) is 5.00. The normalized spacial score (nSPS) is 27.9. The number of piperidine rings is 1. The fourth-order valence-electron chi connectivity index (χ4n) is 2.12. The number of hydrogen-bond donors (Lipinski definition) is 2. The van der Waals surface area contributed by atoms with Crippen molar-refractivity contribution in [2.24, 2.45) is 5.92 Å². The van der Waals surface area contributed by atoms with Crippen LogP contribution >= 0.6 is 11.8 Å². The quantitative estimate of drug-likeness (QED) is 0.701. The molecule has 2 aliphatic heterocycles. The van der Waals surface area contributed by atoms with Gasteiger partial charge in [-0.1, -0.05) is 6.92 Å². The van der Waals surface area contributed by atoms with Crippen molar-refractivity contribution in [3.05, 3.63) is 10.7 Å². The summed E-state index contributed by atoms with van der Waals surface area (Å²) in [5, 5.41) is 13.1. The molecule has 2 aliphatic rings. The lowest BCUT2D eigenvalue weighted by atomic mass is 9.98. The molecule has 0 bridgehead atoms. The van der Waals surface area contributed by atoms with E-state index in [0.717, 1.165) is 17.3 Å². The number of carbonyl (C=O) groups is 2. The SMILES string of the molecule is CC1CN(/C(C(=O)O)=C2/NCCS2)CCC1=O. The van der Waals surface area contributed by atoms with Gasteiger partial charge in [0, 0.05) is 37.7 Å². The summed E-state index contributed by atoms with van der Waals surface area (Å²) in [7, 11) is 0. The van der Waals surface area contributed by atoms with Crippen LogP contribution in [0.15, 0.2) is 10.7 Å². The van der Waals surface area contributed by atoms with Crippen molar-refractivity contribution >= 4 is 23.5 Å². The highest BCUT2D eigenvalue weighted by atomic mass is 32.2. The van der Waals surface area contributed by atoms with E-state index in [-0.39, 0.29) is 11.7 Å². The van der Waals surface area contributed by atoms with Crippen molar-refractivity contribution < 1.29 is 14.7 Å². The third-order valence-electron chi connectivity index (χ3n) is 3.04. The van der Waals surface area contributed by atoms with Gasteiger partial charge in [0.15, 0.2) is 5.70 Å². The molecule has 0 amide bonds. The molecule has 0 aromatic heterocycles. The Bertz CT molecular complexity index is 373. The maximum Gasteiger partial charge on any atom is 0.354 e. The first kappa shape index (κ1) is 12.3. The van der Waals surface area contributed by atoms with Gasteiger partial charge in [-0.2, -0.15) is 0 Å². The van der Waals surface area contributed by atoms with Gasteiger partial charge in [0.25, 0.3) is 0 Å². The number of Topliss-reactive ketones (excluding diaryl/α,β-unsaturated/α-hetero) is 1. The Labute approximate surface area is 104 Å². The van der Waals surface area contributed by atoms with Crippen LogP contribution < -0.4 is 5.32 Å². The fraction of sp³-hybridized carbons (Fsp3) is 0.636. The first-order valence-corrected chi connectivity index (χ1v) is 6.70. The van der Waals surface area contributed by atoms with E-state index in [1.165, 1.54) is 11.8 Å². The van der Waals surface area contributed by atoms with Gasteiger partial charge in [-0.05, 0) is 0 Å². The van der Waals surface area contributed by atoms with E-state index in [2.05, 4.69) is 5.32 Å². The number of rotatable bonds is 2. The molecule has 1 unspecified atom stereocenters. The minimum Gasteiger partial charge on any atom is -0.476 e. The maximum atomic E-state index is 11.4. The molecule has 2 saturated heterocycles. The molecule has 0 radical (unpaired) electrons. The molecule has 2 N–H and O–H groups in total. The number of nitrogens with zero attached hydrogens (tertiary/aromatic N) is 1. The van der Waals surface area contributed by atoms with Crippen molar-refractivity contribution in [1.29, 1.82) is 0 Å². The number of nitrogens with one attached hydrogen (secondary N) is 1. The van der Waals surface area contributed by atoms with Gasteiger partial charge in [0.2, 0.25) is 0 Å². The van der Waals surface area contributed by atoms with Gasteiger partial charge in [0.1, 0.15) is 5.78 Å². The van der Waals surface area contributed by atoms with Crippen molar-refractivity contribution in [2.45, 2.75) is 13.3 Å². The molecule has 2 fully saturated rings. The largest absolute Gasteiger partial charge is 0.476 e. The van der Waals surface area contributed by atoms with Crippen molar-refractivity contribution in [1.82, 2.24) is 10.2 Å². The third-order valence-corrected chi connectivity index (χ3v) is 4.07. The van der Waals surface area contributed by atoms with E-state index in [9.17, 15) is 14.7 Å². The van der Waals surface area contributed by atoms with Gasteiger partial charge < -0.3 is 15.3 Å². The van der Waals surface area contributed by atoms with E-state index in [1.54, 1.807) is 0 Å². The maximum absolute atomic E-state index is 11.4. The molecule has 17 heavy (non-hydrogen) atoms. The van der Waals surface area contributed by atoms with Crippen LogP contribution in [0.1, 0.15) is 13.3 Å². The molecule has 94 valence electrons. The number of carboxylic acid groups (broad SMARTS) is 1. The number of aliphatic carboxylic acids is 1. The number of thioether (sulfide) groups is 1. The number of ketones is 1. The number of hydrogen-bond acceptors (Lipinski definition) is 5. The summed E-state index contributed by atoms with van der Waals surface area (Å²) in [6.45, 7) is 3.68. The topological polar surface area (TPSA) is 69.6 Å². The van der Waals surface area contributed by atoms with Gasteiger partial charge >= 0.3 is 5.97 Å². The number of likely N-dealkylation sites (tertiary alicyclic amines) is 1. The Balaban J connectivity index is 2.20. The van der Waals surface area contributed by atoms with E-state index in [4.69, 9.17) is 0 Å². The van der Waals surface area contributed by atoms with Crippen molar-refractivity contribution in [3.8, 4) is 0 Å². The summed E-state index contributed by atoms with van der Waals surface area (Å²) < 4.78 is 0. The average Bonchev–Trinajstić information content (AvgIpc) is 2.76. The Morgan fingerprint density at radius 3 is 2.88 bits per heavy atom. The zero-order chi connectivity index (χ0) is 12.4. The second-order valence-corrected chi connectivity index (χ2v) is 5.43. The molecule has 2 heterocycles. The van der Waals surface area contributed by atoms with Crippen LogP contribution in [0, 0.1) is 5.92 Å². The zero-order valence-corrected chi connectivity index (χ0v) is 10.5. The summed E-state index contributed by atoms with van der Waals surface area (Å²) >= 11 is 1.54. The summed E-state index contributed by atoms with van der Waals surface area (Å²) in [5.74, 6) is 0.130. The van der Waals surface area contributed by atoms with Crippen molar-refractivity contribution in [2.75, 3.05) is 25.4 Å². The fourth-order valence-corrected chi connectivity index (χ4v) is 3.08. The predicted molar refractivity (Wildman–Crippen MR) is 65.5 cm³/mol. The molecular weight excluding hydrogens is 240 g/mol. The van der Waals surface area contributed by atoms with Crippen LogP contribution in [-0.2, 0) is 9.59 Å². The molecule has 0 saturated carbocycles. The third kappa shape index (κ3) is 2.57. The summed E-state index contributed by atoms with van der Waals surface area (Å²) in [6.07, 6.45) is 0.440. The highest BCUT2D eigenvalue weighted by Gasteiger charge is 2.30. The van der Waals surface area contributed by atoms with Gasteiger partial charge in [-0.15, -0.1) is 11.8 Å². The standard InChI is InChI=1S/C11H16N2O3S/c1-7-6-13(4-2-8(7)14)9(11(15)16)10-12-3-5-17-10/h7,12H,2-6H2,1H3,(H,15,16)/b10-9-. The summed E-state index contributed by atoms with van der Waals surface area (Å²) in [5.41, 5.74) is 0.326. The van der Waals surface area contributed by atoms with Crippen LogP contribution in [0.25, 0.3) is 0 Å².